The van der Waals surface area contributed by atoms with Gasteiger partial charge in [-0.2, -0.15) is 0 Å². The lowest BCUT2D eigenvalue weighted by molar-refractivity contribution is 0.100. The first-order valence-corrected chi connectivity index (χ1v) is 9.64. The van der Waals surface area contributed by atoms with Crippen molar-refractivity contribution in [3.8, 4) is 0 Å². The van der Waals surface area contributed by atoms with Gasteiger partial charge in [0.1, 0.15) is 6.67 Å². The second kappa shape index (κ2) is 7.79. The molecule has 1 aliphatic heterocycles. The van der Waals surface area contributed by atoms with Crippen LogP contribution in [0.5, 0.6) is 0 Å². The van der Waals surface area contributed by atoms with E-state index in [0.717, 1.165) is 16.7 Å². The molecule has 0 spiro atoms. The number of aromatic nitrogens is 3. The first kappa shape index (κ1) is 19.3. The largest absolute Gasteiger partial charge is 0.378 e. The lowest BCUT2D eigenvalue weighted by Crippen LogP contribution is -2.37. The van der Waals surface area contributed by atoms with Gasteiger partial charge in [0.15, 0.2) is 11.5 Å². The smallest absolute Gasteiger partial charge is 0.252 e. The van der Waals surface area contributed by atoms with Crippen LogP contribution >= 0.6 is 0 Å². The minimum absolute atomic E-state index is 0.239. The molecule has 1 aliphatic rings. The molecule has 1 saturated heterocycles. The van der Waals surface area contributed by atoms with E-state index in [-0.39, 0.29) is 11.3 Å². The number of halogens is 1. The highest BCUT2D eigenvalue weighted by Gasteiger charge is 2.23. The molecule has 8 heteroatoms. The van der Waals surface area contributed by atoms with E-state index in [2.05, 4.69) is 4.98 Å². The van der Waals surface area contributed by atoms with Crippen molar-refractivity contribution in [2.75, 3.05) is 31.2 Å². The summed E-state index contributed by atoms with van der Waals surface area (Å²) in [5.74, 6) is 0.000209. The van der Waals surface area contributed by atoms with E-state index in [4.69, 9.17) is 15.6 Å². The molecule has 0 radical (unpaired) electrons. The average molecular weight is 397 g/mol. The van der Waals surface area contributed by atoms with E-state index >= 15 is 0 Å². The lowest BCUT2D eigenvalue weighted by Gasteiger charge is -2.28. The average Bonchev–Trinajstić information content (AvgIpc) is 3.08. The number of fused-ring (bicyclic) bond motifs is 1. The summed E-state index contributed by atoms with van der Waals surface area (Å²) in [6, 6.07) is 7.69. The third-order valence-electron chi connectivity index (χ3n) is 5.55. The number of aryl methyl sites for hydroxylation is 1. The molecule has 7 nitrogen and oxygen atoms in total. The fraction of sp³-hybridized carbons (Fsp3) is 0.381. The molecule has 4 rings (SSSR count). The van der Waals surface area contributed by atoms with Crippen molar-refractivity contribution < 1.29 is 13.9 Å². The standard InChI is InChI=1S/C21H24FN5O2/c1-13-4-3-5-15(14(13)2)10-18-17(12-22)24-21-16(20(23)28)11-19(25-27(18)21)26-6-8-29-9-7-26/h3-5,11H,6-10,12H2,1-2H3,(H2,23,28). The Hall–Kier alpha value is -3.00. The monoisotopic (exact) mass is 397 g/mol. The molecule has 1 fully saturated rings. The number of rotatable bonds is 5. The lowest BCUT2D eigenvalue weighted by atomic mass is 9.99. The summed E-state index contributed by atoms with van der Waals surface area (Å²) in [7, 11) is 0. The van der Waals surface area contributed by atoms with Crippen molar-refractivity contribution in [3.63, 3.8) is 0 Å². The summed E-state index contributed by atoms with van der Waals surface area (Å²) < 4.78 is 20.8. The number of nitrogens with two attached hydrogens (primary N) is 1. The van der Waals surface area contributed by atoms with Crippen molar-refractivity contribution in [2.24, 2.45) is 5.73 Å². The van der Waals surface area contributed by atoms with Gasteiger partial charge in [-0.3, -0.25) is 4.79 Å². The van der Waals surface area contributed by atoms with E-state index in [0.29, 0.717) is 49.9 Å². The van der Waals surface area contributed by atoms with Gasteiger partial charge in [0, 0.05) is 19.5 Å². The number of hydrogen-bond donors (Lipinski definition) is 1. The van der Waals surface area contributed by atoms with Crippen molar-refractivity contribution in [1.82, 2.24) is 14.6 Å². The number of carbonyl (C=O) groups is 1. The van der Waals surface area contributed by atoms with Gasteiger partial charge >= 0.3 is 0 Å². The van der Waals surface area contributed by atoms with Crippen LogP contribution in [0.25, 0.3) is 5.65 Å². The zero-order valence-corrected chi connectivity index (χ0v) is 16.6. The highest BCUT2D eigenvalue weighted by molar-refractivity contribution is 5.99. The summed E-state index contributed by atoms with van der Waals surface area (Å²) >= 11 is 0. The van der Waals surface area contributed by atoms with Crippen LogP contribution in [0.1, 0.15) is 38.4 Å². The molecule has 0 unspecified atom stereocenters. The molecule has 0 atom stereocenters. The summed E-state index contributed by atoms with van der Waals surface area (Å²) in [6.45, 7) is 5.84. The van der Waals surface area contributed by atoms with Gasteiger partial charge in [0.25, 0.3) is 5.91 Å². The molecular weight excluding hydrogens is 373 g/mol. The van der Waals surface area contributed by atoms with Crippen molar-refractivity contribution in [2.45, 2.75) is 26.9 Å². The van der Waals surface area contributed by atoms with E-state index in [1.807, 2.05) is 36.9 Å². The molecular formula is C21H24FN5O2. The summed E-state index contributed by atoms with van der Waals surface area (Å²) in [6.07, 6.45) is 0.464. The number of benzene rings is 1. The van der Waals surface area contributed by atoms with Gasteiger partial charge in [-0.25, -0.2) is 13.9 Å². The number of nitrogens with zero attached hydrogens (tertiary/aromatic N) is 4. The van der Waals surface area contributed by atoms with Crippen molar-refractivity contribution >= 4 is 17.4 Å². The highest BCUT2D eigenvalue weighted by Crippen LogP contribution is 2.25. The normalized spacial score (nSPS) is 14.5. The first-order chi connectivity index (χ1) is 14.0. The van der Waals surface area contributed by atoms with E-state index in [1.54, 1.807) is 10.6 Å². The number of anilines is 1. The highest BCUT2D eigenvalue weighted by atomic mass is 19.1. The number of hydrogen-bond acceptors (Lipinski definition) is 5. The third kappa shape index (κ3) is 3.55. The van der Waals surface area contributed by atoms with Crippen molar-refractivity contribution in [1.29, 1.82) is 0 Å². The van der Waals surface area contributed by atoms with Crippen LogP contribution in [0.15, 0.2) is 24.3 Å². The Morgan fingerprint density at radius 1 is 1.28 bits per heavy atom. The second-order valence-corrected chi connectivity index (χ2v) is 7.29. The first-order valence-electron chi connectivity index (χ1n) is 9.64. The summed E-state index contributed by atoms with van der Waals surface area (Å²) in [5.41, 5.74) is 10.4. The van der Waals surface area contributed by atoms with Crippen LogP contribution in [-0.4, -0.2) is 46.8 Å². The minimum Gasteiger partial charge on any atom is -0.378 e. The van der Waals surface area contributed by atoms with Crippen LogP contribution in [-0.2, 0) is 17.8 Å². The molecule has 1 amide bonds. The maximum absolute atomic E-state index is 13.8. The van der Waals surface area contributed by atoms with Gasteiger partial charge in [0.2, 0.25) is 0 Å². The van der Waals surface area contributed by atoms with Gasteiger partial charge in [-0.05, 0) is 36.6 Å². The molecule has 3 aromatic rings. The Morgan fingerprint density at radius 3 is 2.72 bits per heavy atom. The van der Waals surface area contributed by atoms with Crippen LogP contribution in [0.2, 0.25) is 0 Å². The Balaban J connectivity index is 1.89. The number of imidazole rings is 1. The Morgan fingerprint density at radius 2 is 2.03 bits per heavy atom. The summed E-state index contributed by atoms with van der Waals surface area (Å²) in [4.78, 5) is 18.5. The minimum atomic E-state index is -0.741. The van der Waals surface area contributed by atoms with Crippen LogP contribution in [0.3, 0.4) is 0 Å². The SMILES string of the molecule is Cc1cccc(Cc2c(CF)nc3c(C(N)=O)cc(N4CCOCC4)nn23)c1C. The summed E-state index contributed by atoms with van der Waals surface area (Å²) in [5, 5.41) is 4.71. The Kier molecular flexibility index (Phi) is 5.19. The molecule has 0 bridgehead atoms. The Bertz CT molecular complexity index is 1070. The number of alkyl halides is 1. The van der Waals surface area contributed by atoms with Crippen LogP contribution in [0.4, 0.5) is 10.2 Å². The maximum Gasteiger partial charge on any atom is 0.252 e. The van der Waals surface area contributed by atoms with Gasteiger partial charge < -0.3 is 15.4 Å². The predicted octanol–water partition coefficient (Wildman–Crippen LogP) is 2.34. The number of ether oxygens (including phenoxy) is 1. The van der Waals surface area contributed by atoms with E-state index in [9.17, 15) is 9.18 Å². The zero-order chi connectivity index (χ0) is 20.5. The fourth-order valence-corrected chi connectivity index (χ4v) is 3.69. The zero-order valence-electron chi connectivity index (χ0n) is 16.6. The molecule has 3 heterocycles. The Labute approximate surface area is 168 Å². The van der Waals surface area contributed by atoms with E-state index < -0.39 is 12.6 Å². The number of morpholine rings is 1. The molecule has 1 aromatic carbocycles. The predicted molar refractivity (Wildman–Crippen MR) is 108 cm³/mol. The molecule has 0 aliphatic carbocycles. The van der Waals surface area contributed by atoms with Gasteiger partial charge in [-0.15, -0.1) is 5.10 Å². The van der Waals surface area contributed by atoms with Gasteiger partial charge in [-0.1, -0.05) is 18.2 Å². The second-order valence-electron chi connectivity index (χ2n) is 7.29. The molecule has 29 heavy (non-hydrogen) atoms. The fourth-order valence-electron chi connectivity index (χ4n) is 3.69. The van der Waals surface area contributed by atoms with Crippen LogP contribution < -0.4 is 10.6 Å². The van der Waals surface area contributed by atoms with E-state index in [1.165, 1.54) is 0 Å². The van der Waals surface area contributed by atoms with Gasteiger partial charge in [0.05, 0.1) is 30.2 Å². The molecule has 0 saturated carbocycles. The molecule has 2 aromatic heterocycles. The quantitative estimate of drug-likeness (QED) is 0.714. The third-order valence-corrected chi connectivity index (χ3v) is 5.55. The van der Waals surface area contributed by atoms with Crippen LogP contribution in [0, 0.1) is 13.8 Å². The van der Waals surface area contributed by atoms with Crippen molar-refractivity contribution in [3.05, 3.63) is 57.9 Å². The maximum atomic E-state index is 13.8. The number of primary amides is 1. The molecule has 152 valence electrons. The molecule has 2 N–H and O–H groups in total. The topological polar surface area (TPSA) is 85.8 Å². The number of amides is 1. The number of carbonyl (C=O) groups excluding carboxylic acids is 1.